The monoisotopic (exact) mass is 372 g/mol. The Bertz CT molecular complexity index is 931. The molecule has 6 heteroatoms. The highest BCUT2D eigenvalue weighted by Crippen LogP contribution is 2.25. The van der Waals surface area contributed by atoms with Gasteiger partial charge in [0.25, 0.3) is 0 Å². The van der Waals surface area contributed by atoms with Gasteiger partial charge in [-0.2, -0.15) is 0 Å². The van der Waals surface area contributed by atoms with Crippen LogP contribution in [0.1, 0.15) is 5.76 Å². The summed E-state index contributed by atoms with van der Waals surface area (Å²) in [6, 6.07) is 15.8. The van der Waals surface area contributed by atoms with Crippen LogP contribution in [-0.4, -0.2) is 5.91 Å². The molecule has 25 heavy (non-hydrogen) atoms. The van der Waals surface area contributed by atoms with E-state index < -0.39 is 0 Å². The number of nitrogens with two attached hydrogens (primary N) is 1. The van der Waals surface area contributed by atoms with Gasteiger partial charge in [-0.25, -0.2) is 0 Å². The maximum atomic E-state index is 12.0. The lowest BCUT2D eigenvalue weighted by Crippen LogP contribution is -2.08. The van der Waals surface area contributed by atoms with Crippen molar-refractivity contribution in [2.75, 3.05) is 11.1 Å². The molecule has 0 unspecified atom stereocenters. The number of hydrogen-bond acceptors (Lipinski definition) is 3. The number of benzene rings is 2. The van der Waals surface area contributed by atoms with Crippen molar-refractivity contribution in [1.29, 1.82) is 0 Å². The Morgan fingerprint density at radius 2 is 1.80 bits per heavy atom. The number of hydrogen-bond donors (Lipinski definition) is 2. The molecule has 0 bridgehead atoms. The number of anilines is 2. The highest BCUT2D eigenvalue weighted by Gasteiger charge is 2.05. The smallest absolute Gasteiger partial charge is 0.248 e. The van der Waals surface area contributed by atoms with Gasteiger partial charge in [-0.3, -0.25) is 4.79 Å². The number of nitrogens with one attached hydrogen (secondary N) is 1. The zero-order valence-corrected chi connectivity index (χ0v) is 14.5. The average Bonchev–Trinajstić information content (AvgIpc) is 3.05. The summed E-state index contributed by atoms with van der Waals surface area (Å²) < 4.78 is 5.70. The van der Waals surface area contributed by atoms with Crippen LogP contribution in [0.2, 0.25) is 10.0 Å². The van der Waals surface area contributed by atoms with Crippen LogP contribution in [0.4, 0.5) is 11.4 Å². The van der Waals surface area contributed by atoms with Gasteiger partial charge in [-0.15, -0.1) is 0 Å². The minimum Gasteiger partial charge on any atom is -0.457 e. The Kier molecular flexibility index (Phi) is 5.12. The third-order valence-electron chi connectivity index (χ3n) is 3.41. The molecule has 0 atom stereocenters. The summed E-state index contributed by atoms with van der Waals surface area (Å²) >= 11 is 11.9. The van der Waals surface area contributed by atoms with E-state index in [0.29, 0.717) is 32.9 Å². The summed E-state index contributed by atoms with van der Waals surface area (Å²) in [5, 5.41) is 3.72. The summed E-state index contributed by atoms with van der Waals surface area (Å²) in [6.45, 7) is 0. The number of amides is 1. The Morgan fingerprint density at radius 3 is 2.52 bits per heavy atom. The lowest BCUT2D eigenvalue weighted by Gasteiger charge is -2.05. The number of furan rings is 1. The van der Waals surface area contributed by atoms with E-state index in [1.54, 1.807) is 42.5 Å². The molecule has 0 radical (unpaired) electrons. The van der Waals surface area contributed by atoms with Gasteiger partial charge in [0.05, 0.1) is 10.7 Å². The topological polar surface area (TPSA) is 68.3 Å². The second kappa shape index (κ2) is 7.47. The van der Waals surface area contributed by atoms with Gasteiger partial charge in [0.15, 0.2) is 0 Å². The first-order valence-electron chi connectivity index (χ1n) is 7.41. The van der Waals surface area contributed by atoms with Crippen LogP contribution >= 0.6 is 23.2 Å². The molecule has 0 saturated heterocycles. The molecule has 3 N–H and O–H groups in total. The Balaban J connectivity index is 1.67. The highest BCUT2D eigenvalue weighted by atomic mass is 35.5. The number of carbonyl (C=O) groups excluding carboxylic acids is 1. The van der Waals surface area contributed by atoms with Crippen molar-refractivity contribution in [3.63, 3.8) is 0 Å². The minimum atomic E-state index is -0.323. The van der Waals surface area contributed by atoms with Gasteiger partial charge < -0.3 is 15.5 Å². The van der Waals surface area contributed by atoms with Crippen molar-refractivity contribution in [2.45, 2.75) is 0 Å². The number of carbonyl (C=O) groups is 1. The molecular weight excluding hydrogens is 359 g/mol. The number of halogens is 2. The van der Waals surface area contributed by atoms with Crippen LogP contribution in [0, 0.1) is 0 Å². The fourth-order valence-corrected chi connectivity index (χ4v) is 2.54. The van der Waals surface area contributed by atoms with Crippen LogP contribution in [0.15, 0.2) is 65.1 Å². The molecule has 1 heterocycles. The lowest BCUT2D eigenvalue weighted by molar-refractivity contribution is -0.111. The van der Waals surface area contributed by atoms with E-state index >= 15 is 0 Å². The maximum Gasteiger partial charge on any atom is 0.248 e. The summed E-state index contributed by atoms with van der Waals surface area (Å²) in [5.74, 6) is 0.929. The molecular formula is C19H14Cl2N2O2. The third kappa shape index (κ3) is 4.44. The maximum absolute atomic E-state index is 12.0. The van der Waals surface area contributed by atoms with Crippen molar-refractivity contribution in [3.05, 3.63) is 76.5 Å². The quantitative estimate of drug-likeness (QED) is 0.470. The number of rotatable bonds is 4. The second-order valence-corrected chi connectivity index (χ2v) is 6.11. The Labute approximate surface area is 154 Å². The first-order chi connectivity index (χ1) is 12.0. The molecule has 0 spiro atoms. The fraction of sp³-hybridized carbons (Fsp3) is 0. The molecule has 1 amide bonds. The number of nitrogen functional groups attached to an aromatic ring is 1. The first-order valence-corrected chi connectivity index (χ1v) is 8.17. The molecule has 126 valence electrons. The molecule has 3 aromatic rings. The van der Waals surface area contributed by atoms with E-state index in [4.69, 9.17) is 33.4 Å². The van der Waals surface area contributed by atoms with Crippen molar-refractivity contribution in [1.82, 2.24) is 0 Å². The molecule has 3 rings (SSSR count). The normalized spacial score (nSPS) is 11.0. The zero-order chi connectivity index (χ0) is 17.8. The molecule has 4 nitrogen and oxygen atoms in total. The van der Waals surface area contributed by atoms with Crippen molar-refractivity contribution in [3.8, 4) is 11.3 Å². The Morgan fingerprint density at radius 1 is 1.04 bits per heavy atom. The van der Waals surface area contributed by atoms with E-state index in [1.165, 1.54) is 6.08 Å². The van der Waals surface area contributed by atoms with Crippen LogP contribution in [-0.2, 0) is 4.79 Å². The Hall–Kier alpha value is -2.69. The zero-order valence-electron chi connectivity index (χ0n) is 13.0. The SMILES string of the molecule is Nc1ccc(NC(=O)/C=C/c2ccc(-c3ccc(Cl)cc3)o2)c(Cl)c1. The molecule has 0 aliphatic carbocycles. The largest absolute Gasteiger partial charge is 0.457 e. The van der Waals surface area contributed by atoms with Crippen LogP contribution < -0.4 is 11.1 Å². The fourth-order valence-electron chi connectivity index (χ4n) is 2.18. The van der Waals surface area contributed by atoms with E-state index in [2.05, 4.69) is 5.32 Å². The molecule has 0 aliphatic heterocycles. The van der Waals surface area contributed by atoms with Crippen LogP contribution in [0.3, 0.4) is 0 Å². The summed E-state index contributed by atoms with van der Waals surface area (Å²) in [7, 11) is 0. The van der Waals surface area contributed by atoms with Gasteiger partial charge in [-0.05, 0) is 60.7 Å². The molecule has 2 aromatic carbocycles. The van der Waals surface area contributed by atoms with E-state index in [-0.39, 0.29) is 5.91 Å². The summed E-state index contributed by atoms with van der Waals surface area (Å²) in [6.07, 6.45) is 2.96. The minimum absolute atomic E-state index is 0.323. The van der Waals surface area contributed by atoms with Crippen molar-refractivity contribution < 1.29 is 9.21 Å². The third-order valence-corrected chi connectivity index (χ3v) is 3.97. The molecule has 0 aliphatic rings. The predicted octanol–water partition coefficient (Wildman–Crippen LogP) is 5.49. The summed E-state index contributed by atoms with van der Waals surface area (Å²) in [5.41, 5.74) is 7.55. The van der Waals surface area contributed by atoms with Crippen LogP contribution in [0.5, 0.6) is 0 Å². The molecule has 0 fully saturated rings. The van der Waals surface area contributed by atoms with E-state index in [9.17, 15) is 4.79 Å². The second-order valence-electron chi connectivity index (χ2n) is 5.27. The summed E-state index contributed by atoms with van der Waals surface area (Å²) in [4.78, 5) is 12.0. The van der Waals surface area contributed by atoms with Gasteiger partial charge in [0.2, 0.25) is 5.91 Å². The average molecular weight is 373 g/mol. The predicted molar refractivity (Wildman–Crippen MR) is 103 cm³/mol. The first kappa shape index (κ1) is 17.1. The van der Waals surface area contributed by atoms with E-state index in [1.807, 2.05) is 18.2 Å². The molecule has 0 saturated carbocycles. The van der Waals surface area contributed by atoms with Gasteiger partial charge in [0, 0.05) is 22.3 Å². The highest BCUT2D eigenvalue weighted by molar-refractivity contribution is 6.34. The van der Waals surface area contributed by atoms with Crippen molar-refractivity contribution in [2.24, 2.45) is 0 Å². The lowest BCUT2D eigenvalue weighted by atomic mass is 10.2. The van der Waals surface area contributed by atoms with Gasteiger partial charge in [-0.1, -0.05) is 23.2 Å². The standard InChI is InChI=1S/C19H14Cl2N2O2/c20-13-3-1-12(2-4-13)18-9-6-15(25-18)7-10-19(24)23-17-8-5-14(22)11-16(17)21/h1-11H,22H2,(H,23,24)/b10-7+. The van der Waals surface area contributed by atoms with Crippen molar-refractivity contribution >= 4 is 46.6 Å². The van der Waals surface area contributed by atoms with Crippen LogP contribution in [0.25, 0.3) is 17.4 Å². The van der Waals surface area contributed by atoms with Gasteiger partial charge in [0.1, 0.15) is 11.5 Å². The molecule has 1 aromatic heterocycles. The van der Waals surface area contributed by atoms with Gasteiger partial charge >= 0.3 is 0 Å². The van der Waals surface area contributed by atoms with E-state index in [0.717, 1.165) is 5.56 Å².